The van der Waals surface area contributed by atoms with Crippen molar-refractivity contribution in [2.24, 2.45) is 5.73 Å². The number of nitrogens with two attached hydrogens (primary N) is 1. The lowest BCUT2D eigenvalue weighted by molar-refractivity contribution is -0.118. The monoisotopic (exact) mass is 352 g/mol. The Morgan fingerprint density at radius 1 is 1.16 bits per heavy atom. The predicted octanol–water partition coefficient (Wildman–Crippen LogP) is 3.54. The van der Waals surface area contributed by atoms with Crippen LogP contribution >= 0.6 is 11.3 Å². The second-order valence-corrected chi connectivity index (χ2v) is 7.27. The van der Waals surface area contributed by atoms with Gasteiger partial charge >= 0.3 is 0 Å². The number of hydrogen-bond acceptors (Lipinski definition) is 5. The SMILES string of the molecule is NC(=O)[C@@H](Nc1ccc2nc(N3CCCC3)sc2c1)c1ccccc1. The summed E-state index contributed by atoms with van der Waals surface area (Å²) in [5, 5.41) is 4.34. The standard InChI is InChI=1S/C19H20N4OS/c20-18(24)17(13-6-2-1-3-7-13)21-14-8-9-15-16(12-14)25-19(22-15)23-10-4-5-11-23/h1-3,6-9,12,17,21H,4-5,10-11H2,(H2,20,24)/t17-/m0/s1. The number of carbonyl (C=O) groups excluding carboxylic acids is 1. The first kappa shape index (κ1) is 15.9. The van der Waals surface area contributed by atoms with E-state index in [1.165, 1.54) is 12.8 Å². The molecule has 3 N–H and O–H groups in total. The van der Waals surface area contributed by atoms with Gasteiger partial charge in [0.25, 0.3) is 0 Å². The van der Waals surface area contributed by atoms with E-state index in [9.17, 15) is 4.79 Å². The van der Waals surface area contributed by atoms with Gasteiger partial charge in [-0.3, -0.25) is 4.79 Å². The Morgan fingerprint density at radius 3 is 2.64 bits per heavy atom. The second kappa shape index (κ2) is 6.72. The molecule has 1 atom stereocenters. The molecule has 0 spiro atoms. The quantitative estimate of drug-likeness (QED) is 0.737. The molecule has 6 heteroatoms. The number of aromatic nitrogens is 1. The van der Waals surface area contributed by atoms with Crippen LogP contribution in [0.2, 0.25) is 0 Å². The third-order valence-electron chi connectivity index (χ3n) is 4.48. The number of rotatable bonds is 5. The third-order valence-corrected chi connectivity index (χ3v) is 5.56. The summed E-state index contributed by atoms with van der Waals surface area (Å²) in [5.74, 6) is -0.395. The summed E-state index contributed by atoms with van der Waals surface area (Å²) >= 11 is 1.70. The van der Waals surface area contributed by atoms with E-state index in [0.29, 0.717) is 0 Å². The lowest BCUT2D eigenvalue weighted by Crippen LogP contribution is -2.27. The first-order chi connectivity index (χ1) is 12.2. The molecule has 1 fully saturated rings. The van der Waals surface area contributed by atoms with Crippen LogP contribution in [0.1, 0.15) is 24.4 Å². The van der Waals surface area contributed by atoms with E-state index < -0.39 is 11.9 Å². The van der Waals surface area contributed by atoms with Crippen LogP contribution in [-0.4, -0.2) is 24.0 Å². The molecule has 128 valence electrons. The molecular formula is C19H20N4OS. The average molecular weight is 352 g/mol. The van der Waals surface area contributed by atoms with Crippen LogP contribution in [0.4, 0.5) is 10.8 Å². The summed E-state index contributed by atoms with van der Waals surface area (Å²) < 4.78 is 1.11. The van der Waals surface area contributed by atoms with E-state index in [2.05, 4.69) is 10.2 Å². The molecule has 2 aromatic carbocycles. The van der Waals surface area contributed by atoms with Crippen molar-refractivity contribution in [3.63, 3.8) is 0 Å². The lowest BCUT2D eigenvalue weighted by atomic mass is 10.1. The number of primary amides is 1. The minimum atomic E-state index is -0.551. The van der Waals surface area contributed by atoms with Gasteiger partial charge in [-0.2, -0.15) is 0 Å². The molecule has 0 bridgehead atoms. The van der Waals surface area contributed by atoms with Gasteiger partial charge < -0.3 is 16.0 Å². The summed E-state index contributed by atoms with van der Waals surface area (Å²) in [6.07, 6.45) is 2.47. The molecule has 0 aliphatic carbocycles. The Labute approximate surface area is 150 Å². The first-order valence-corrected chi connectivity index (χ1v) is 9.29. The third kappa shape index (κ3) is 3.30. The van der Waals surface area contributed by atoms with Gasteiger partial charge in [0.15, 0.2) is 5.13 Å². The summed E-state index contributed by atoms with van der Waals surface area (Å²) in [6, 6.07) is 15.0. The van der Waals surface area contributed by atoms with Crippen LogP contribution in [0.15, 0.2) is 48.5 Å². The minimum absolute atomic E-state index is 0.395. The molecule has 1 saturated heterocycles. The Balaban J connectivity index is 1.61. The normalized spacial score (nSPS) is 15.4. The fraction of sp³-hybridized carbons (Fsp3) is 0.263. The molecule has 0 radical (unpaired) electrons. The van der Waals surface area contributed by atoms with E-state index in [1.807, 2.05) is 48.5 Å². The Bertz CT molecular complexity index is 887. The summed E-state index contributed by atoms with van der Waals surface area (Å²) in [5.41, 5.74) is 8.32. The van der Waals surface area contributed by atoms with E-state index in [-0.39, 0.29) is 0 Å². The van der Waals surface area contributed by atoms with E-state index in [4.69, 9.17) is 10.7 Å². The van der Waals surface area contributed by atoms with E-state index in [1.54, 1.807) is 11.3 Å². The molecule has 0 unspecified atom stereocenters. The number of thiazole rings is 1. The molecule has 2 heterocycles. The van der Waals surface area contributed by atoms with Gasteiger partial charge in [0, 0.05) is 18.8 Å². The highest BCUT2D eigenvalue weighted by Gasteiger charge is 2.19. The molecular weight excluding hydrogens is 332 g/mol. The predicted molar refractivity (Wildman–Crippen MR) is 103 cm³/mol. The second-order valence-electron chi connectivity index (χ2n) is 6.26. The number of nitrogens with one attached hydrogen (secondary N) is 1. The minimum Gasteiger partial charge on any atom is -0.370 e. The molecule has 1 aromatic heterocycles. The molecule has 4 rings (SSSR count). The van der Waals surface area contributed by atoms with Crippen molar-refractivity contribution in [3.8, 4) is 0 Å². The van der Waals surface area contributed by atoms with Crippen LogP contribution in [0.5, 0.6) is 0 Å². The highest BCUT2D eigenvalue weighted by atomic mass is 32.1. The zero-order chi connectivity index (χ0) is 17.2. The van der Waals surface area contributed by atoms with Crippen molar-refractivity contribution in [2.45, 2.75) is 18.9 Å². The largest absolute Gasteiger partial charge is 0.370 e. The summed E-state index contributed by atoms with van der Waals surface area (Å²) in [4.78, 5) is 19.0. The molecule has 0 saturated carbocycles. The molecule has 5 nitrogen and oxygen atoms in total. The van der Waals surface area contributed by atoms with Gasteiger partial charge in [0.1, 0.15) is 6.04 Å². The van der Waals surface area contributed by atoms with Crippen molar-refractivity contribution in [3.05, 3.63) is 54.1 Å². The Morgan fingerprint density at radius 2 is 1.92 bits per heavy atom. The van der Waals surface area contributed by atoms with Gasteiger partial charge in [-0.1, -0.05) is 41.7 Å². The lowest BCUT2D eigenvalue weighted by Gasteiger charge is -2.17. The molecule has 3 aromatic rings. The van der Waals surface area contributed by atoms with E-state index in [0.717, 1.165) is 39.7 Å². The van der Waals surface area contributed by atoms with Crippen molar-refractivity contribution >= 4 is 38.3 Å². The van der Waals surface area contributed by atoms with Gasteiger partial charge in [-0.25, -0.2) is 4.98 Å². The van der Waals surface area contributed by atoms with Gasteiger partial charge in [0.2, 0.25) is 5.91 Å². The highest BCUT2D eigenvalue weighted by Crippen LogP contribution is 2.33. The van der Waals surface area contributed by atoms with Crippen LogP contribution in [0.25, 0.3) is 10.2 Å². The number of carbonyl (C=O) groups is 1. The maximum Gasteiger partial charge on any atom is 0.244 e. The molecule has 25 heavy (non-hydrogen) atoms. The maximum atomic E-state index is 11.9. The Kier molecular flexibility index (Phi) is 4.28. The van der Waals surface area contributed by atoms with Crippen molar-refractivity contribution in [2.75, 3.05) is 23.3 Å². The number of hydrogen-bond donors (Lipinski definition) is 2. The number of amides is 1. The number of nitrogens with zero attached hydrogens (tertiary/aromatic N) is 2. The van der Waals surface area contributed by atoms with Crippen LogP contribution in [0, 0.1) is 0 Å². The van der Waals surface area contributed by atoms with Crippen molar-refractivity contribution in [1.82, 2.24) is 4.98 Å². The van der Waals surface area contributed by atoms with Gasteiger partial charge in [-0.05, 0) is 36.6 Å². The van der Waals surface area contributed by atoms with Crippen molar-refractivity contribution < 1.29 is 4.79 Å². The smallest absolute Gasteiger partial charge is 0.244 e. The van der Waals surface area contributed by atoms with Crippen LogP contribution in [0.3, 0.4) is 0 Å². The zero-order valence-electron chi connectivity index (χ0n) is 13.8. The molecule has 1 aliphatic heterocycles. The fourth-order valence-electron chi connectivity index (χ4n) is 3.18. The van der Waals surface area contributed by atoms with Gasteiger partial charge in [-0.15, -0.1) is 0 Å². The fourth-order valence-corrected chi connectivity index (χ4v) is 4.23. The van der Waals surface area contributed by atoms with Crippen LogP contribution < -0.4 is 16.0 Å². The zero-order valence-corrected chi connectivity index (χ0v) is 14.6. The molecule has 1 aliphatic rings. The highest BCUT2D eigenvalue weighted by molar-refractivity contribution is 7.22. The maximum absolute atomic E-state index is 11.9. The Hall–Kier alpha value is -2.60. The van der Waals surface area contributed by atoms with E-state index >= 15 is 0 Å². The first-order valence-electron chi connectivity index (χ1n) is 8.47. The summed E-state index contributed by atoms with van der Waals surface area (Å²) in [7, 11) is 0. The number of fused-ring (bicyclic) bond motifs is 1. The van der Waals surface area contributed by atoms with Gasteiger partial charge in [0.05, 0.1) is 10.2 Å². The molecule has 1 amide bonds. The van der Waals surface area contributed by atoms with Crippen molar-refractivity contribution in [1.29, 1.82) is 0 Å². The topological polar surface area (TPSA) is 71.2 Å². The van der Waals surface area contributed by atoms with Crippen LogP contribution in [-0.2, 0) is 4.79 Å². The number of anilines is 2. The summed E-state index contributed by atoms with van der Waals surface area (Å²) in [6.45, 7) is 2.17. The number of benzene rings is 2. The average Bonchev–Trinajstić information content (AvgIpc) is 3.29.